The van der Waals surface area contributed by atoms with Gasteiger partial charge in [0.15, 0.2) is 6.61 Å². The van der Waals surface area contributed by atoms with Gasteiger partial charge in [0.1, 0.15) is 11.8 Å². The van der Waals surface area contributed by atoms with Crippen LogP contribution in [0.25, 0.3) is 0 Å². The highest BCUT2D eigenvalue weighted by atomic mass is 79.9. The lowest BCUT2D eigenvalue weighted by molar-refractivity contribution is -0.142. The second-order valence-electron chi connectivity index (χ2n) is 8.34. The normalized spacial score (nSPS) is 12.3. The second-order valence-corrected chi connectivity index (χ2v) is 10.0. The fourth-order valence-electron chi connectivity index (χ4n) is 2.85. The van der Waals surface area contributed by atoms with Crippen LogP contribution in [-0.4, -0.2) is 34.9 Å². The number of carbonyl (C=O) groups excluding carboxylic acids is 2. The number of aryl methyl sites for hydroxylation is 1. The highest BCUT2D eigenvalue weighted by molar-refractivity contribution is 9.10. The fourth-order valence-corrected chi connectivity index (χ4v) is 3.61. The summed E-state index contributed by atoms with van der Waals surface area (Å²) in [7, 11) is 0. The van der Waals surface area contributed by atoms with Gasteiger partial charge in [0, 0.05) is 32.2 Å². The molecular formula is C23H27BrCl2N2O3. The van der Waals surface area contributed by atoms with Crippen LogP contribution in [0.5, 0.6) is 5.75 Å². The zero-order valence-corrected chi connectivity index (χ0v) is 21.4. The molecule has 0 aliphatic heterocycles. The number of rotatable bonds is 7. The molecule has 0 radical (unpaired) electrons. The summed E-state index contributed by atoms with van der Waals surface area (Å²) in [5.74, 6) is -0.0619. The van der Waals surface area contributed by atoms with E-state index in [2.05, 4.69) is 21.2 Å². The minimum Gasteiger partial charge on any atom is -0.484 e. The molecule has 0 aromatic heterocycles. The summed E-state index contributed by atoms with van der Waals surface area (Å²) in [6.45, 7) is 9.11. The maximum Gasteiger partial charge on any atom is 0.261 e. The minimum atomic E-state index is -0.755. The third-order valence-electron chi connectivity index (χ3n) is 4.55. The average molecular weight is 530 g/mol. The van der Waals surface area contributed by atoms with Crippen molar-refractivity contribution in [3.63, 3.8) is 0 Å². The highest BCUT2D eigenvalue weighted by Gasteiger charge is 2.29. The molecule has 0 fully saturated rings. The van der Waals surface area contributed by atoms with Crippen molar-refractivity contribution in [3.05, 3.63) is 62.0 Å². The van der Waals surface area contributed by atoms with E-state index in [1.54, 1.807) is 31.2 Å². The molecule has 8 heteroatoms. The summed E-state index contributed by atoms with van der Waals surface area (Å²) in [5.41, 5.74) is 1.13. The Bertz CT molecular complexity index is 940. The maximum absolute atomic E-state index is 13.1. The van der Waals surface area contributed by atoms with Crippen LogP contribution in [0.15, 0.2) is 40.9 Å². The number of amides is 2. The van der Waals surface area contributed by atoms with Crippen molar-refractivity contribution in [2.24, 2.45) is 0 Å². The van der Waals surface area contributed by atoms with Crippen LogP contribution in [0.3, 0.4) is 0 Å². The molecule has 5 nitrogen and oxygen atoms in total. The first-order valence-corrected chi connectivity index (χ1v) is 11.4. The number of nitrogens with zero attached hydrogens (tertiary/aromatic N) is 1. The Labute approximate surface area is 202 Å². The standard InChI is InChI=1S/C23H27BrCl2N2O3/c1-14-11-16(9-10-18(14)24)31-13-21(29)28(15(2)22(30)27-23(3,4)5)12-17-19(25)7-6-8-20(17)26/h6-11,15H,12-13H2,1-5H3,(H,27,30). The molecule has 2 aromatic rings. The second kappa shape index (κ2) is 10.7. The van der Waals surface area contributed by atoms with Gasteiger partial charge >= 0.3 is 0 Å². The lowest BCUT2D eigenvalue weighted by Gasteiger charge is -2.31. The summed E-state index contributed by atoms with van der Waals surface area (Å²) in [4.78, 5) is 27.4. The van der Waals surface area contributed by atoms with Crippen LogP contribution in [0.2, 0.25) is 10.0 Å². The highest BCUT2D eigenvalue weighted by Crippen LogP contribution is 2.27. The summed E-state index contributed by atoms with van der Waals surface area (Å²) in [6, 6.07) is 9.84. The first-order valence-electron chi connectivity index (χ1n) is 9.82. The smallest absolute Gasteiger partial charge is 0.261 e. The van der Waals surface area contributed by atoms with Crippen molar-refractivity contribution in [2.75, 3.05) is 6.61 Å². The number of nitrogens with one attached hydrogen (secondary N) is 1. The monoisotopic (exact) mass is 528 g/mol. The number of halogens is 3. The molecule has 31 heavy (non-hydrogen) atoms. The van der Waals surface area contributed by atoms with E-state index in [4.69, 9.17) is 27.9 Å². The molecule has 2 amide bonds. The van der Waals surface area contributed by atoms with Gasteiger partial charge in [-0.1, -0.05) is 45.2 Å². The van der Waals surface area contributed by atoms with Crippen LogP contribution in [-0.2, 0) is 16.1 Å². The van der Waals surface area contributed by atoms with Crippen LogP contribution in [0.1, 0.15) is 38.8 Å². The van der Waals surface area contributed by atoms with Gasteiger partial charge < -0.3 is 15.0 Å². The summed E-state index contributed by atoms with van der Waals surface area (Å²) in [5, 5.41) is 3.77. The first kappa shape index (κ1) is 25.5. The quantitative estimate of drug-likeness (QED) is 0.495. The van der Waals surface area contributed by atoms with E-state index < -0.39 is 11.6 Å². The van der Waals surface area contributed by atoms with E-state index >= 15 is 0 Å². The Hall–Kier alpha value is -1.76. The molecule has 2 aromatic carbocycles. The number of ether oxygens (including phenoxy) is 1. The molecule has 0 heterocycles. The first-order chi connectivity index (χ1) is 14.4. The Morgan fingerprint density at radius 1 is 1.16 bits per heavy atom. The van der Waals surface area contributed by atoms with Gasteiger partial charge in [0.05, 0.1) is 0 Å². The fraction of sp³-hybridized carbons (Fsp3) is 0.391. The van der Waals surface area contributed by atoms with Crippen molar-refractivity contribution < 1.29 is 14.3 Å². The van der Waals surface area contributed by atoms with E-state index in [9.17, 15) is 9.59 Å². The Morgan fingerprint density at radius 3 is 2.32 bits per heavy atom. The predicted molar refractivity (Wildman–Crippen MR) is 129 cm³/mol. The molecule has 0 aliphatic rings. The number of hydrogen-bond donors (Lipinski definition) is 1. The van der Waals surface area contributed by atoms with E-state index in [0.29, 0.717) is 21.4 Å². The molecule has 0 saturated carbocycles. The average Bonchev–Trinajstić information content (AvgIpc) is 2.66. The Morgan fingerprint density at radius 2 is 1.77 bits per heavy atom. The van der Waals surface area contributed by atoms with E-state index in [0.717, 1.165) is 10.0 Å². The number of benzene rings is 2. The maximum atomic E-state index is 13.1. The molecule has 2 rings (SSSR count). The topological polar surface area (TPSA) is 58.6 Å². The zero-order valence-electron chi connectivity index (χ0n) is 18.3. The number of carbonyl (C=O) groups is 2. The third kappa shape index (κ3) is 7.41. The molecule has 1 unspecified atom stereocenters. The lowest BCUT2D eigenvalue weighted by atomic mass is 10.1. The molecule has 0 saturated heterocycles. The van der Waals surface area contributed by atoms with Crippen LogP contribution in [0.4, 0.5) is 0 Å². The predicted octanol–water partition coefficient (Wildman–Crippen LogP) is 5.78. The van der Waals surface area contributed by atoms with Crippen molar-refractivity contribution in [1.82, 2.24) is 10.2 Å². The Balaban J connectivity index is 2.25. The summed E-state index contributed by atoms with van der Waals surface area (Å²) < 4.78 is 6.66. The van der Waals surface area contributed by atoms with Crippen LogP contribution < -0.4 is 10.1 Å². The molecule has 1 atom stereocenters. The molecule has 168 valence electrons. The van der Waals surface area contributed by atoms with E-state index in [-0.39, 0.29) is 25.0 Å². The van der Waals surface area contributed by atoms with Crippen molar-refractivity contribution >= 4 is 50.9 Å². The van der Waals surface area contributed by atoms with E-state index in [1.807, 2.05) is 39.8 Å². The van der Waals surface area contributed by atoms with Gasteiger partial charge in [-0.25, -0.2) is 0 Å². The third-order valence-corrected chi connectivity index (χ3v) is 6.15. The van der Waals surface area contributed by atoms with Gasteiger partial charge in [-0.05, 0) is 70.5 Å². The van der Waals surface area contributed by atoms with Crippen LogP contribution >= 0.6 is 39.1 Å². The molecule has 1 N–H and O–H groups in total. The SMILES string of the molecule is Cc1cc(OCC(=O)N(Cc2c(Cl)cccc2Cl)C(C)C(=O)NC(C)(C)C)ccc1Br. The summed E-state index contributed by atoms with van der Waals surface area (Å²) >= 11 is 16.1. The van der Waals surface area contributed by atoms with Crippen LogP contribution in [0, 0.1) is 6.92 Å². The van der Waals surface area contributed by atoms with Crippen molar-refractivity contribution in [1.29, 1.82) is 0 Å². The largest absolute Gasteiger partial charge is 0.484 e. The van der Waals surface area contributed by atoms with Gasteiger partial charge in [0.25, 0.3) is 5.91 Å². The minimum absolute atomic E-state index is 0.0821. The van der Waals surface area contributed by atoms with E-state index in [1.165, 1.54) is 4.90 Å². The molecule has 0 bridgehead atoms. The van der Waals surface area contributed by atoms with Crippen molar-refractivity contribution in [3.8, 4) is 5.75 Å². The zero-order chi connectivity index (χ0) is 23.3. The van der Waals surface area contributed by atoms with Gasteiger partial charge in [-0.15, -0.1) is 0 Å². The molecule has 0 aliphatic carbocycles. The Kier molecular flexibility index (Phi) is 8.81. The molecule has 0 spiro atoms. The molecular weight excluding hydrogens is 503 g/mol. The lowest BCUT2D eigenvalue weighted by Crippen LogP contribution is -2.53. The summed E-state index contributed by atoms with van der Waals surface area (Å²) in [6.07, 6.45) is 0. The van der Waals surface area contributed by atoms with Gasteiger partial charge in [-0.3, -0.25) is 9.59 Å². The number of hydrogen-bond acceptors (Lipinski definition) is 3. The van der Waals surface area contributed by atoms with Gasteiger partial charge in [-0.2, -0.15) is 0 Å². The van der Waals surface area contributed by atoms with Gasteiger partial charge in [0.2, 0.25) is 5.91 Å². The van der Waals surface area contributed by atoms with Crippen molar-refractivity contribution in [2.45, 2.75) is 52.7 Å².